The number of nitrogens with zero attached hydrogens (tertiary/aromatic N) is 3. The first-order chi connectivity index (χ1) is 12.8. The molecular weight excluding hydrogens is 356 g/mol. The molecule has 10 nitrogen and oxygen atoms in total. The fraction of sp³-hybridized carbons (Fsp3) is 0.471. The van der Waals surface area contributed by atoms with Crippen molar-refractivity contribution in [2.75, 3.05) is 18.0 Å². The van der Waals surface area contributed by atoms with Crippen LogP contribution in [0.5, 0.6) is 0 Å². The van der Waals surface area contributed by atoms with Gasteiger partial charge in [0, 0.05) is 49.9 Å². The summed E-state index contributed by atoms with van der Waals surface area (Å²) in [6.07, 6.45) is -0.468. The van der Waals surface area contributed by atoms with Gasteiger partial charge in [-0.15, -0.1) is 0 Å². The molecule has 144 valence electrons. The predicted octanol–water partition coefficient (Wildman–Crippen LogP) is 2.12. The number of benzene rings is 1. The average molecular weight is 376 g/mol. The zero-order valence-electron chi connectivity index (χ0n) is 14.8. The molecule has 27 heavy (non-hydrogen) atoms. The highest BCUT2D eigenvalue weighted by Gasteiger charge is 2.29. The normalized spacial score (nSPS) is 20.6. The molecule has 2 aliphatic heterocycles. The van der Waals surface area contributed by atoms with Crippen molar-refractivity contribution in [3.63, 3.8) is 0 Å². The summed E-state index contributed by atoms with van der Waals surface area (Å²) in [5.41, 5.74) is 4.06. The number of nitro groups is 1. The van der Waals surface area contributed by atoms with E-state index in [-0.39, 0.29) is 23.9 Å². The Morgan fingerprint density at radius 3 is 2.70 bits per heavy atom. The molecule has 10 heteroatoms. The van der Waals surface area contributed by atoms with E-state index in [0.29, 0.717) is 42.9 Å². The van der Waals surface area contributed by atoms with Crippen LogP contribution in [0.1, 0.15) is 31.7 Å². The molecule has 2 aliphatic rings. The van der Waals surface area contributed by atoms with E-state index in [4.69, 9.17) is 9.84 Å². The van der Waals surface area contributed by atoms with Crippen molar-refractivity contribution in [3.05, 3.63) is 33.9 Å². The van der Waals surface area contributed by atoms with Gasteiger partial charge in [0.05, 0.1) is 10.6 Å². The van der Waals surface area contributed by atoms with E-state index in [0.717, 1.165) is 0 Å². The van der Waals surface area contributed by atoms with Crippen LogP contribution in [0.3, 0.4) is 0 Å². The minimum atomic E-state index is -1.31. The molecule has 2 N–H and O–H groups in total. The van der Waals surface area contributed by atoms with Crippen LogP contribution < -0.4 is 10.3 Å². The topological polar surface area (TPSA) is 134 Å². The Kier molecular flexibility index (Phi) is 5.24. The fourth-order valence-electron chi connectivity index (χ4n) is 3.46. The van der Waals surface area contributed by atoms with E-state index >= 15 is 0 Å². The van der Waals surface area contributed by atoms with Gasteiger partial charge in [-0.05, 0) is 6.07 Å². The van der Waals surface area contributed by atoms with Gasteiger partial charge in [0.1, 0.15) is 11.8 Å². The van der Waals surface area contributed by atoms with Gasteiger partial charge in [-0.25, -0.2) is 10.2 Å². The lowest BCUT2D eigenvalue weighted by Gasteiger charge is -2.32. The summed E-state index contributed by atoms with van der Waals surface area (Å²) in [5.74, 6) is -0.308. The third-order valence-corrected chi connectivity index (χ3v) is 4.78. The Morgan fingerprint density at radius 1 is 1.41 bits per heavy atom. The summed E-state index contributed by atoms with van der Waals surface area (Å²) in [4.78, 5) is 35.1. The molecule has 1 amide bonds. The Labute approximate surface area is 154 Å². The molecule has 3 rings (SSSR count). The molecule has 1 saturated heterocycles. The Hall–Kier alpha value is -3.17. The fourth-order valence-corrected chi connectivity index (χ4v) is 3.46. The maximum atomic E-state index is 11.6. The van der Waals surface area contributed by atoms with Crippen LogP contribution in [0.15, 0.2) is 23.3 Å². The van der Waals surface area contributed by atoms with E-state index in [9.17, 15) is 19.7 Å². The van der Waals surface area contributed by atoms with Crippen LogP contribution in [-0.2, 0) is 9.53 Å². The Bertz CT molecular complexity index is 801. The number of carbonyl (C=O) groups is 2. The molecule has 0 aliphatic carbocycles. The summed E-state index contributed by atoms with van der Waals surface area (Å²) >= 11 is 0. The predicted molar refractivity (Wildman–Crippen MR) is 95.9 cm³/mol. The van der Waals surface area contributed by atoms with Crippen LogP contribution in [-0.4, -0.2) is 47.0 Å². The second-order valence-electron chi connectivity index (χ2n) is 6.67. The molecule has 0 bridgehead atoms. The van der Waals surface area contributed by atoms with Crippen molar-refractivity contribution in [1.82, 2.24) is 5.43 Å². The van der Waals surface area contributed by atoms with Crippen molar-refractivity contribution >= 4 is 29.1 Å². The molecule has 0 spiro atoms. The zero-order chi connectivity index (χ0) is 19.6. The summed E-state index contributed by atoms with van der Waals surface area (Å²) in [6, 6.07) is 4.91. The van der Waals surface area contributed by atoms with Gasteiger partial charge in [-0.1, -0.05) is 13.0 Å². The number of ether oxygens (including phenoxy) is 1. The van der Waals surface area contributed by atoms with E-state index in [1.54, 1.807) is 12.1 Å². The monoisotopic (exact) mass is 376 g/mol. The van der Waals surface area contributed by atoms with Crippen LogP contribution >= 0.6 is 0 Å². The number of hydrogen-bond donors (Lipinski definition) is 2. The van der Waals surface area contributed by atoms with Gasteiger partial charge in [-0.2, -0.15) is 5.10 Å². The maximum absolute atomic E-state index is 11.6. The first-order valence-corrected chi connectivity index (χ1v) is 8.65. The molecule has 1 atom stereocenters. The molecule has 1 aromatic carbocycles. The number of nitro benzene ring substituents is 1. The third-order valence-electron chi connectivity index (χ3n) is 4.78. The first kappa shape index (κ1) is 18.6. The number of anilines is 1. The van der Waals surface area contributed by atoms with E-state index < -0.39 is 17.2 Å². The van der Waals surface area contributed by atoms with E-state index in [2.05, 4.69) is 10.5 Å². The summed E-state index contributed by atoms with van der Waals surface area (Å²) in [5, 5.41) is 24.4. The second-order valence-corrected chi connectivity index (χ2v) is 6.67. The standard InChI is InChI=1S/C17H20N4O6/c1-10-8-15(22)18-19-16(10)11-2-3-13(14(9-11)21(25)26)20-6-4-12(5-7-20)27-17(23)24/h2-3,9-10,12H,4-8H2,1H3,(H,18,22)(H,23,24). The smallest absolute Gasteiger partial charge is 0.450 e. The average Bonchev–Trinajstić information content (AvgIpc) is 2.61. The van der Waals surface area contributed by atoms with Crippen molar-refractivity contribution < 1.29 is 24.4 Å². The van der Waals surface area contributed by atoms with Gasteiger partial charge in [0.25, 0.3) is 5.69 Å². The Balaban J connectivity index is 1.82. The second kappa shape index (κ2) is 7.60. The molecule has 0 aromatic heterocycles. The number of carbonyl (C=O) groups excluding carboxylic acids is 1. The lowest BCUT2D eigenvalue weighted by molar-refractivity contribution is -0.384. The highest BCUT2D eigenvalue weighted by Crippen LogP contribution is 2.33. The van der Waals surface area contributed by atoms with Crippen LogP contribution in [0.2, 0.25) is 0 Å². The minimum absolute atomic E-state index is 0.0445. The Morgan fingerprint density at radius 2 is 2.11 bits per heavy atom. The first-order valence-electron chi connectivity index (χ1n) is 8.65. The summed E-state index contributed by atoms with van der Waals surface area (Å²) in [6.45, 7) is 2.78. The molecule has 0 radical (unpaired) electrons. The van der Waals surface area contributed by atoms with Gasteiger partial charge >= 0.3 is 6.16 Å². The van der Waals surface area contributed by atoms with Crippen molar-refractivity contribution in [2.24, 2.45) is 11.0 Å². The van der Waals surface area contributed by atoms with Crippen LogP contribution in [0.25, 0.3) is 0 Å². The summed E-state index contributed by atoms with van der Waals surface area (Å²) < 4.78 is 4.78. The molecule has 0 saturated carbocycles. The lowest BCUT2D eigenvalue weighted by atomic mass is 9.93. The molecule has 1 fully saturated rings. The number of piperidine rings is 1. The quantitative estimate of drug-likeness (QED) is 0.467. The van der Waals surface area contributed by atoms with Crippen LogP contribution in [0, 0.1) is 16.0 Å². The SMILES string of the molecule is CC1CC(=O)NN=C1c1ccc(N2CCC(OC(=O)O)CC2)c([N+](=O)[O-])c1. The van der Waals surface area contributed by atoms with E-state index in [1.807, 2.05) is 11.8 Å². The molecular formula is C17H20N4O6. The number of hydrazone groups is 1. The number of hydrogen-bond acceptors (Lipinski definition) is 7. The molecule has 2 heterocycles. The minimum Gasteiger partial charge on any atom is -0.450 e. The summed E-state index contributed by atoms with van der Waals surface area (Å²) in [7, 11) is 0. The molecule has 1 aromatic rings. The highest BCUT2D eigenvalue weighted by atomic mass is 16.7. The van der Waals surface area contributed by atoms with E-state index in [1.165, 1.54) is 6.07 Å². The van der Waals surface area contributed by atoms with Gasteiger partial charge < -0.3 is 14.7 Å². The highest BCUT2D eigenvalue weighted by molar-refractivity contribution is 6.06. The van der Waals surface area contributed by atoms with Crippen molar-refractivity contribution in [2.45, 2.75) is 32.3 Å². The van der Waals surface area contributed by atoms with Crippen molar-refractivity contribution in [1.29, 1.82) is 0 Å². The van der Waals surface area contributed by atoms with Gasteiger partial charge in [0.15, 0.2) is 0 Å². The largest absolute Gasteiger partial charge is 0.506 e. The number of rotatable bonds is 4. The number of amides is 1. The van der Waals surface area contributed by atoms with Gasteiger partial charge in [0.2, 0.25) is 5.91 Å². The number of carboxylic acid groups (broad SMARTS) is 1. The maximum Gasteiger partial charge on any atom is 0.506 e. The van der Waals surface area contributed by atoms with Crippen molar-refractivity contribution in [3.8, 4) is 0 Å². The lowest BCUT2D eigenvalue weighted by Crippen LogP contribution is -2.38. The van der Waals surface area contributed by atoms with Gasteiger partial charge in [-0.3, -0.25) is 14.9 Å². The zero-order valence-corrected chi connectivity index (χ0v) is 14.8. The third kappa shape index (κ3) is 4.15. The number of nitrogens with one attached hydrogen (secondary N) is 1. The molecule has 1 unspecified atom stereocenters. The van der Waals surface area contributed by atoms with Crippen LogP contribution in [0.4, 0.5) is 16.2 Å².